The molecule has 6 atom stereocenters. The number of benzene rings is 1. The van der Waals surface area contributed by atoms with E-state index in [-0.39, 0.29) is 54.2 Å². The van der Waals surface area contributed by atoms with Gasteiger partial charge < -0.3 is 19.8 Å². The van der Waals surface area contributed by atoms with Crippen LogP contribution in [0.25, 0.3) is 11.0 Å². The average molecular weight is 632 g/mol. The lowest BCUT2D eigenvalue weighted by Crippen LogP contribution is -2.56. The Morgan fingerprint density at radius 3 is 2.65 bits per heavy atom. The third kappa shape index (κ3) is 4.57. The summed E-state index contributed by atoms with van der Waals surface area (Å²) in [4.78, 5) is 47.4. The summed E-state index contributed by atoms with van der Waals surface area (Å²) in [6.45, 7) is 10.8. The van der Waals surface area contributed by atoms with Crippen LogP contribution in [0.4, 0.5) is 0 Å². The van der Waals surface area contributed by atoms with Crippen molar-refractivity contribution in [2.24, 2.45) is 11.8 Å². The lowest BCUT2D eigenvalue weighted by Gasteiger charge is -2.38. The van der Waals surface area contributed by atoms with Crippen molar-refractivity contribution < 1.29 is 19.5 Å². The van der Waals surface area contributed by atoms with Gasteiger partial charge in [-0.05, 0) is 25.0 Å². The molecular weight excluding hydrogens is 596 g/mol. The highest BCUT2D eigenvalue weighted by atomic mass is 79.9. The van der Waals surface area contributed by atoms with E-state index < -0.39 is 22.6 Å². The predicted octanol–water partition coefficient (Wildman–Crippen LogP) is 2.28. The maximum Gasteiger partial charge on any atom is 0.248 e. The van der Waals surface area contributed by atoms with Crippen LogP contribution in [0.2, 0.25) is 0 Å². The van der Waals surface area contributed by atoms with Crippen molar-refractivity contribution in [1.82, 2.24) is 29.7 Å². The normalized spacial score (nSPS) is 28.6. The highest BCUT2D eigenvalue weighted by Gasteiger charge is 2.76. The average Bonchev–Trinajstić information content (AvgIpc) is 3.66. The molecular formula is C28H35BrN6O4S. The standard InChI is InChI=1S/C28H35BrN6O4S/c1-4-11-32(12-5-2)25(37)21-22-26(38)34(14-15-36)24(28(22)16-18(29)23(21)40-28)27(39)33(13-6-3)17-35-20-10-8-7-9-19(20)30-31-35/h4,6-10,18,21-24,36H,1,3,5,11-17H2,2H3/t18?,21-,22-,23-,24?,28?/m0/s1. The summed E-state index contributed by atoms with van der Waals surface area (Å²) in [6, 6.07) is 6.68. The van der Waals surface area contributed by atoms with Gasteiger partial charge in [0.2, 0.25) is 17.7 Å². The summed E-state index contributed by atoms with van der Waals surface area (Å²) in [5.74, 6) is -1.77. The molecule has 214 valence electrons. The first-order valence-corrected chi connectivity index (χ1v) is 15.4. The van der Waals surface area contributed by atoms with Gasteiger partial charge in [-0.25, -0.2) is 4.68 Å². The molecule has 5 rings (SSSR count). The van der Waals surface area contributed by atoms with Crippen LogP contribution < -0.4 is 0 Å². The number of aromatic nitrogens is 3. The highest BCUT2D eigenvalue weighted by molar-refractivity contribution is 9.09. The van der Waals surface area contributed by atoms with E-state index in [9.17, 15) is 19.5 Å². The predicted molar refractivity (Wildman–Crippen MR) is 158 cm³/mol. The molecule has 1 N–H and O–H groups in total. The van der Waals surface area contributed by atoms with E-state index >= 15 is 0 Å². The summed E-state index contributed by atoms with van der Waals surface area (Å²) < 4.78 is 0.869. The van der Waals surface area contributed by atoms with Gasteiger partial charge in [-0.1, -0.05) is 52.4 Å². The molecule has 40 heavy (non-hydrogen) atoms. The minimum absolute atomic E-state index is 0.0199. The number of aliphatic hydroxyl groups excluding tert-OH is 1. The first-order chi connectivity index (χ1) is 19.3. The highest BCUT2D eigenvalue weighted by Crippen LogP contribution is 2.68. The molecule has 2 aromatic rings. The van der Waals surface area contributed by atoms with Crippen molar-refractivity contribution in [3.63, 3.8) is 0 Å². The van der Waals surface area contributed by atoms with Crippen LogP contribution in [0.1, 0.15) is 19.8 Å². The number of nitrogens with zero attached hydrogens (tertiary/aromatic N) is 6. The molecule has 3 saturated heterocycles. The number of hydrogen-bond donors (Lipinski definition) is 1. The number of amides is 3. The monoisotopic (exact) mass is 630 g/mol. The van der Waals surface area contributed by atoms with Crippen molar-refractivity contribution in [1.29, 1.82) is 0 Å². The number of halogens is 1. The van der Waals surface area contributed by atoms with Crippen LogP contribution in [0.3, 0.4) is 0 Å². The zero-order valence-electron chi connectivity index (χ0n) is 22.6. The maximum atomic E-state index is 14.5. The molecule has 3 aliphatic heterocycles. The number of carbonyl (C=O) groups is 3. The third-order valence-corrected chi connectivity index (χ3v) is 11.4. The van der Waals surface area contributed by atoms with Crippen LogP contribution in [0.5, 0.6) is 0 Å². The molecule has 1 aromatic carbocycles. The molecule has 2 bridgehead atoms. The largest absolute Gasteiger partial charge is 0.395 e. The number of hydrogen-bond acceptors (Lipinski definition) is 7. The fourth-order valence-electron chi connectivity index (χ4n) is 6.70. The van der Waals surface area contributed by atoms with E-state index in [2.05, 4.69) is 39.4 Å². The summed E-state index contributed by atoms with van der Waals surface area (Å²) in [5.41, 5.74) is 1.51. The Labute approximate surface area is 246 Å². The topological polar surface area (TPSA) is 112 Å². The molecule has 0 aliphatic carbocycles. The zero-order valence-corrected chi connectivity index (χ0v) is 25.0. The fourth-order valence-corrected chi connectivity index (χ4v) is 10.3. The number of alkyl halides is 1. The SMILES string of the molecule is C=CCN(Cn1nnc2ccccc21)C(=O)C1N(CCO)C(=O)[C@@H]2[C@H](C(=O)N(CC=C)CCC)[C@H]3SC12CC3Br. The fraction of sp³-hybridized carbons (Fsp3) is 0.536. The number of rotatable bonds is 12. The second-order valence-corrected chi connectivity index (χ2v) is 13.3. The number of carbonyl (C=O) groups excluding carboxylic acids is 3. The number of aliphatic hydroxyl groups is 1. The van der Waals surface area contributed by atoms with Crippen molar-refractivity contribution in [2.75, 3.05) is 32.8 Å². The van der Waals surface area contributed by atoms with E-state index in [0.29, 0.717) is 19.5 Å². The Kier molecular flexibility index (Phi) is 8.40. The van der Waals surface area contributed by atoms with Gasteiger partial charge in [0.15, 0.2) is 0 Å². The van der Waals surface area contributed by atoms with Crippen molar-refractivity contribution in [3.8, 4) is 0 Å². The van der Waals surface area contributed by atoms with E-state index in [1.807, 2.05) is 31.2 Å². The number of fused-ring (bicyclic) bond motifs is 2. The smallest absolute Gasteiger partial charge is 0.248 e. The summed E-state index contributed by atoms with van der Waals surface area (Å²) >= 11 is 5.40. The molecule has 3 fully saturated rings. The van der Waals surface area contributed by atoms with Crippen LogP contribution in [0.15, 0.2) is 49.6 Å². The van der Waals surface area contributed by atoms with Crippen LogP contribution >= 0.6 is 27.7 Å². The number of likely N-dealkylation sites (tertiary alicyclic amines) is 1. The molecule has 1 aromatic heterocycles. The van der Waals surface area contributed by atoms with E-state index in [1.54, 1.807) is 38.4 Å². The maximum absolute atomic E-state index is 14.5. The first-order valence-electron chi connectivity index (χ1n) is 13.6. The van der Waals surface area contributed by atoms with Crippen molar-refractivity contribution in [3.05, 3.63) is 49.6 Å². The number of β-amino-alcohol motifs (C(OH)–C–C–N with tert-alkyl or cyclic N) is 1. The molecule has 12 heteroatoms. The van der Waals surface area contributed by atoms with Crippen LogP contribution in [-0.4, -0.2) is 106 Å². The Bertz CT molecular complexity index is 1320. The lowest BCUT2D eigenvalue weighted by molar-refractivity contribution is -0.145. The van der Waals surface area contributed by atoms with Gasteiger partial charge in [-0.2, -0.15) is 0 Å². The molecule has 0 saturated carbocycles. The van der Waals surface area contributed by atoms with Crippen LogP contribution in [-0.2, 0) is 21.1 Å². The first kappa shape index (κ1) is 28.8. The minimum Gasteiger partial charge on any atom is -0.395 e. The molecule has 1 spiro atoms. The second-order valence-electron chi connectivity index (χ2n) is 10.6. The molecule has 0 radical (unpaired) electrons. The van der Waals surface area contributed by atoms with Gasteiger partial charge in [-0.15, -0.1) is 30.0 Å². The van der Waals surface area contributed by atoms with Crippen molar-refractivity contribution in [2.45, 2.75) is 47.3 Å². The Morgan fingerprint density at radius 1 is 1.23 bits per heavy atom. The van der Waals surface area contributed by atoms with Crippen LogP contribution in [0, 0.1) is 11.8 Å². The van der Waals surface area contributed by atoms with E-state index in [0.717, 1.165) is 17.5 Å². The summed E-state index contributed by atoms with van der Waals surface area (Å²) in [7, 11) is 0. The molecule has 3 aliphatic rings. The summed E-state index contributed by atoms with van der Waals surface area (Å²) in [5, 5.41) is 18.3. The van der Waals surface area contributed by atoms with Gasteiger partial charge in [0, 0.05) is 36.3 Å². The van der Waals surface area contributed by atoms with Gasteiger partial charge in [0.25, 0.3) is 0 Å². The van der Waals surface area contributed by atoms with Gasteiger partial charge in [0.05, 0.1) is 28.7 Å². The molecule has 4 heterocycles. The third-order valence-electron chi connectivity index (χ3n) is 8.19. The van der Waals surface area contributed by atoms with Gasteiger partial charge in [-0.3, -0.25) is 14.4 Å². The molecule has 10 nitrogen and oxygen atoms in total. The number of thioether (sulfide) groups is 1. The Morgan fingerprint density at radius 2 is 1.95 bits per heavy atom. The quantitative estimate of drug-likeness (QED) is 0.283. The second kappa shape index (κ2) is 11.7. The molecule has 3 unspecified atom stereocenters. The Hall–Kier alpha value is -2.70. The lowest BCUT2D eigenvalue weighted by atomic mass is 9.70. The molecule has 3 amide bonds. The van der Waals surface area contributed by atoms with Crippen molar-refractivity contribution >= 4 is 56.4 Å². The van der Waals surface area contributed by atoms with Gasteiger partial charge in [0.1, 0.15) is 18.2 Å². The van der Waals surface area contributed by atoms with E-state index in [1.165, 1.54) is 4.90 Å². The summed E-state index contributed by atoms with van der Waals surface area (Å²) in [6.07, 6.45) is 4.72. The zero-order chi connectivity index (χ0) is 28.6. The minimum atomic E-state index is -0.834. The Balaban J connectivity index is 1.52. The number of para-hydroxylation sites is 1. The van der Waals surface area contributed by atoms with Gasteiger partial charge >= 0.3 is 0 Å². The van der Waals surface area contributed by atoms with E-state index in [4.69, 9.17) is 0 Å².